The topological polar surface area (TPSA) is 110 Å². The summed E-state index contributed by atoms with van der Waals surface area (Å²) >= 11 is 0. The van der Waals surface area contributed by atoms with Crippen LogP contribution in [-0.2, 0) is 11.2 Å². The molecule has 4 N–H and O–H groups in total. The van der Waals surface area contributed by atoms with Gasteiger partial charge in [-0.2, -0.15) is 0 Å². The van der Waals surface area contributed by atoms with E-state index in [1.807, 2.05) is 68.4 Å². The van der Waals surface area contributed by atoms with Crippen molar-refractivity contribution in [1.29, 1.82) is 0 Å². The van der Waals surface area contributed by atoms with Gasteiger partial charge in [-0.3, -0.25) is 14.6 Å². The smallest absolute Gasteiger partial charge is 0.248 e. The van der Waals surface area contributed by atoms with E-state index in [1.165, 1.54) is 0 Å². The first-order valence-electron chi connectivity index (χ1n) is 10.8. The molecule has 0 spiro atoms. The van der Waals surface area contributed by atoms with E-state index in [0.29, 0.717) is 29.2 Å². The van der Waals surface area contributed by atoms with Gasteiger partial charge in [0.2, 0.25) is 11.8 Å². The molecule has 2 aromatic heterocycles. The Hall–Kier alpha value is -4.52. The van der Waals surface area contributed by atoms with Crippen LogP contribution in [0.2, 0.25) is 0 Å². The van der Waals surface area contributed by atoms with Gasteiger partial charge in [0.25, 0.3) is 0 Å². The maximum Gasteiger partial charge on any atom is 0.248 e. The Morgan fingerprint density at radius 1 is 0.882 bits per heavy atom. The Morgan fingerprint density at radius 2 is 1.65 bits per heavy atom. The molecule has 7 nitrogen and oxygen atoms in total. The van der Waals surface area contributed by atoms with Crippen LogP contribution in [0.3, 0.4) is 0 Å². The summed E-state index contributed by atoms with van der Waals surface area (Å²) in [6.07, 6.45) is 5.33. The normalized spacial score (nSPS) is 10.5. The summed E-state index contributed by atoms with van der Waals surface area (Å²) in [5.74, 6) is 0.0963. The molecule has 0 aliphatic heterocycles. The number of nitrogens with zero attached hydrogens (tertiary/aromatic N) is 2. The van der Waals surface area contributed by atoms with Crippen molar-refractivity contribution < 1.29 is 9.59 Å². The minimum absolute atomic E-state index is 0.111. The number of rotatable bonds is 7. The Bertz CT molecular complexity index is 1340. The molecular formula is C27H25N5O2. The molecule has 4 rings (SSSR count). The van der Waals surface area contributed by atoms with Crippen molar-refractivity contribution in [2.75, 3.05) is 10.6 Å². The van der Waals surface area contributed by atoms with Crippen LogP contribution >= 0.6 is 0 Å². The van der Waals surface area contributed by atoms with Gasteiger partial charge >= 0.3 is 0 Å². The largest absolute Gasteiger partial charge is 0.366 e. The third kappa shape index (κ3) is 5.27. The second kappa shape index (κ2) is 9.95. The molecular weight excluding hydrogens is 426 g/mol. The van der Waals surface area contributed by atoms with Crippen molar-refractivity contribution >= 4 is 29.0 Å². The molecule has 0 saturated heterocycles. The van der Waals surface area contributed by atoms with Gasteiger partial charge in [0.15, 0.2) is 0 Å². The van der Waals surface area contributed by atoms with Crippen molar-refractivity contribution in [3.63, 3.8) is 0 Å². The van der Waals surface area contributed by atoms with Gasteiger partial charge in [-0.05, 0) is 60.4 Å². The van der Waals surface area contributed by atoms with Crippen molar-refractivity contribution in [2.24, 2.45) is 5.73 Å². The minimum atomic E-state index is -0.433. The third-order valence-corrected chi connectivity index (χ3v) is 5.63. The fraction of sp³-hybridized carbons (Fsp3) is 0.111. The number of anilines is 3. The minimum Gasteiger partial charge on any atom is -0.366 e. The van der Waals surface area contributed by atoms with Gasteiger partial charge in [0, 0.05) is 17.3 Å². The van der Waals surface area contributed by atoms with Gasteiger partial charge in [-0.1, -0.05) is 36.4 Å². The monoisotopic (exact) mass is 451 g/mol. The first-order chi connectivity index (χ1) is 16.4. The van der Waals surface area contributed by atoms with Crippen LogP contribution in [0.4, 0.5) is 17.2 Å². The van der Waals surface area contributed by atoms with Gasteiger partial charge in [-0.25, -0.2) is 4.98 Å². The van der Waals surface area contributed by atoms with Gasteiger partial charge in [0.05, 0.1) is 30.2 Å². The Morgan fingerprint density at radius 3 is 2.35 bits per heavy atom. The van der Waals surface area contributed by atoms with E-state index < -0.39 is 5.91 Å². The highest BCUT2D eigenvalue weighted by Crippen LogP contribution is 2.28. The summed E-state index contributed by atoms with van der Waals surface area (Å²) in [6, 6.07) is 18.8. The van der Waals surface area contributed by atoms with Crippen LogP contribution in [0, 0.1) is 13.8 Å². The molecule has 0 fully saturated rings. The van der Waals surface area contributed by atoms with Crippen molar-refractivity contribution in [3.8, 4) is 11.1 Å². The van der Waals surface area contributed by atoms with Crippen molar-refractivity contribution in [1.82, 2.24) is 9.97 Å². The number of amides is 2. The summed E-state index contributed by atoms with van der Waals surface area (Å²) in [5, 5.41) is 6.09. The molecule has 0 aliphatic rings. The number of primary amides is 1. The van der Waals surface area contributed by atoms with Crippen LogP contribution < -0.4 is 16.4 Å². The van der Waals surface area contributed by atoms with Crippen molar-refractivity contribution in [2.45, 2.75) is 20.3 Å². The molecule has 0 aliphatic carbocycles. The van der Waals surface area contributed by atoms with Gasteiger partial charge in [-0.15, -0.1) is 0 Å². The standard InChI is InChI=1S/C27H25N5O2/c1-17-18(2)24(27(28)34)10-9-23(17)20-8-11-25(30-14-20)31-21-13-22(16-29-15-21)32-26(33)12-19-6-4-3-5-7-19/h3-11,13-16H,12H2,1-2H3,(H2,28,34)(H,30,31)(H,32,33). The zero-order valence-corrected chi connectivity index (χ0v) is 19.0. The molecule has 170 valence electrons. The number of nitrogens with one attached hydrogen (secondary N) is 2. The zero-order chi connectivity index (χ0) is 24.1. The van der Waals surface area contributed by atoms with Crippen LogP contribution in [0.5, 0.6) is 0 Å². The lowest BCUT2D eigenvalue weighted by atomic mass is 9.94. The molecule has 34 heavy (non-hydrogen) atoms. The molecule has 2 aromatic carbocycles. The highest BCUT2D eigenvalue weighted by atomic mass is 16.1. The van der Waals surface area contributed by atoms with E-state index in [0.717, 1.165) is 27.8 Å². The highest BCUT2D eigenvalue weighted by molar-refractivity contribution is 5.95. The Labute approximate surface area is 198 Å². The van der Waals surface area contributed by atoms with Crippen LogP contribution in [0.1, 0.15) is 27.0 Å². The average Bonchev–Trinajstić information content (AvgIpc) is 2.82. The number of nitrogens with two attached hydrogens (primary N) is 1. The number of hydrogen-bond donors (Lipinski definition) is 3. The molecule has 0 bridgehead atoms. The number of benzene rings is 2. The quantitative estimate of drug-likeness (QED) is 0.374. The molecule has 2 heterocycles. The summed E-state index contributed by atoms with van der Waals surface area (Å²) in [5.41, 5.74) is 12.0. The number of pyridine rings is 2. The SMILES string of the molecule is Cc1c(C(N)=O)ccc(-c2ccc(Nc3cncc(NC(=O)Cc4ccccc4)c3)nc2)c1C. The lowest BCUT2D eigenvalue weighted by Gasteiger charge is -2.13. The number of carbonyl (C=O) groups excluding carboxylic acids is 2. The lowest BCUT2D eigenvalue weighted by Crippen LogP contribution is -2.14. The summed E-state index contributed by atoms with van der Waals surface area (Å²) in [4.78, 5) is 32.6. The molecule has 0 unspecified atom stereocenters. The van der Waals surface area contributed by atoms with E-state index in [4.69, 9.17) is 5.73 Å². The first kappa shape index (κ1) is 22.7. The number of carbonyl (C=O) groups is 2. The van der Waals surface area contributed by atoms with Crippen LogP contribution in [0.25, 0.3) is 11.1 Å². The molecule has 0 atom stereocenters. The van der Waals surface area contributed by atoms with E-state index in [1.54, 1.807) is 24.7 Å². The number of hydrogen-bond acceptors (Lipinski definition) is 5. The Kier molecular flexibility index (Phi) is 6.64. The molecule has 0 saturated carbocycles. The Balaban J connectivity index is 1.44. The van der Waals surface area contributed by atoms with E-state index >= 15 is 0 Å². The summed E-state index contributed by atoms with van der Waals surface area (Å²) in [7, 11) is 0. The molecule has 2 amide bonds. The van der Waals surface area contributed by atoms with Crippen molar-refractivity contribution in [3.05, 3.63) is 102 Å². The number of aromatic nitrogens is 2. The maximum absolute atomic E-state index is 12.3. The lowest BCUT2D eigenvalue weighted by molar-refractivity contribution is -0.115. The predicted octanol–water partition coefficient (Wildman–Crippen LogP) is 4.78. The maximum atomic E-state index is 12.3. The zero-order valence-electron chi connectivity index (χ0n) is 19.0. The second-order valence-electron chi connectivity index (χ2n) is 8.00. The van der Waals surface area contributed by atoms with E-state index in [-0.39, 0.29) is 5.91 Å². The van der Waals surface area contributed by atoms with E-state index in [2.05, 4.69) is 20.6 Å². The van der Waals surface area contributed by atoms with Gasteiger partial charge < -0.3 is 16.4 Å². The summed E-state index contributed by atoms with van der Waals surface area (Å²) < 4.78 is 0. The first-order valence-corrected chi connectivity index (χ1v) is 10.8. The van der Waals surface area contributed by atoms with Crippen LogP contribution in [0.15, 0.2) is 79.3 Å². The van der Waals surface area contributed by atoms with Crippen LogP contribution in [-0.4, -0.2) is 21.8 Å². The third-order valence-electron chi connectivity index (χ3n) is 5.63. The fourth-order valence-corrected chi connectivity index (χ4v) is 3.74. The summed E-state index contributed by atoms with van der Waals surface area (Å²) in [6.45, 7) is 3.85. The fourth-order valence-electron chi connectivity index (χ4n) is 3.74. The molecule has 4 aromatic rings. The molecule has 7 heteroatoms. The van der Waals surface area contributed by atoms with Gasteiger partial charge in [0.1, 0.15) is 5.82 Å². The average molecular weight is 452 g/mol. The van der Waals surface area contributed by atoms with E-state index in [9.17, 15) is 9.59 Å². The predicted molar refractivity (Wildman–Crippen MR) is 134 cm³/mol. The highest BCUT2D eigenvalue weighted by Gasteiger charge is 2.12. The second-order valence-corrected chi connectivity index (χ2v) is 8.00. The molecule has 0 radical (unpaired) electrons.